The Kier molecular flexibility index (Phi) is 4.38. The van der Waals surface area contributed by atoms with Gasteiger partial charge in [0, 0.05) is 25.3 Å². The molecule has 1 aliphatic rings. The van der Waals surface area contributed by atoms with Crippen molar-refractivity contribution in [3.8, 4) is 0 Å². The fourth-order valence-corrected chi connectivity index (χ4v) is 3.49. The molecule has 0 saturated carbocycles. The molecular formula is C15H20N4S. The third-order valence-corrected chi connectivity index (χ3v) is 4.71. The van der Waals surface area contributed by atoms with Gasteiger partial charge >= 0.3 is 0 Å². The molecule has 1 aliphatic heterocycles. The monoisotopic (exact) mass is 288 g/mol. The van der Waals surface area contributed by atoms with E-state index in [1.165, 1.54) is 30.4 Å². The maximum absolute atomic E-state index is 5.68. The van der Waals surface area contributed by atoms with Gasteiger partial charge in [0.25, 0.3) is 0 Å². The van der Waals surface area contributed by atoms with Gasteiger partial charge in [-0.25, -0.2) is 0 Å². The largest absolute Gasteiger partial charge is 0.326 e. The molecule has 0 fully saturated rings. The number of hydrogen-bond donors (Lipinski definition) is 1. The highest BCUT2D eigenvalue weighted by atomic mass is 32.2. The second-order valence-electron chi connectivity index (χ2n) is 5.17. The predicted molar refractivity (Wildman–Crippen MR) is 81.5 cm³/mol. The smallest absolute Gasteiger partial charge is 0.191 e. The number of aryl methyl sites for hydroxylation is 1. The molecule has 0 radical (unpaired) electrons. The molecule has 106 valence electrons. The van der Waals surface area contributed by atoms with E-state index in [-0.39, 0.29) is 0 Å². The maximum atomic E-state index is 5.68. The van der Waals surface area contributed by atoms with Gasteiger partial charge in [0.15, 0.2) is 5.16 Å². The second kappa shape index (κ2) is 6.41. The molecule has 1 aromatic carbocycles. The Labute approximate surface area is 123 Å². The molecule has 0 spiro atoms. The first kappa shape index (κ1) is 13.6. The molecule has 0 atom stereocenters. The Morgan fingerprint density at radius 2 is 2.05 bits per heavy atom. The van der Waals surface area contributed by atoms with E-state index < -0.39 is 0 Å². The minimum atomic E-state index is 0.596. The van der Waals surface area contributed by atoms with Gasteiger partial charge in [-0.05, 0) is 24.0 Å². The van der Waals surface area contributed by atoms with Crippen molar-refractivity contribution in [1.29, 1.82) is 0 Å². The lowest BCUT2D eigenvalue weighted by Gasteiger charge is -2.07. The normalized spacial score (nSPS) is 14.8. The highest BCUT2D eigenvalue weighted by Crippen LogP contribution is 2.25. The zero-order valence-electron chi connectivity index (χ0n) is 11.6. The molecular weight excluding hydrogens is 268 g/mol. The summed E-state index contributed by atoms with van der Waals surface area (Å²) >= 11 is 1.77. The van der Waals surface area contributed by atoms with Crippen molar-refractivity contribution in [3.05, 3.63) is 41.2 Å². The summed E-state index contributed by atoms with van der Waals surface area (Å²) in [7, 11) is 0. The van der Waals surface area contributed by atoms with Gasteiger partial charge < -0.3 is 10.3 Å². The van der Waals surface area contributed by atoms with Gasteiger partial charge in [-0.15, -0.1) is 10.2 Å². The zero-order valence-corrected chi connectivity index (χ0v) is 12.4. The number of thioether (sulfide) groups is 1. The van der Waals surface area contributed by atoms with Gasteiger partial charge in [-0.2, -0.15) is 0 Å². The number of fused-ring (bicyclic) bond motifs is 1. The highest BCUT2D eigenvalue weighted by Gasteiger charge is 2.14. The van der Waals surface area contributed by atoms with Crippen LogP contribution in [-0.2, 0) is 25.3 Å². The molecule has 1 aromatic heterocycles. The van der Waals surface area contributed by atoms with Crippen LogP contribution in [0.2, 0.25) is 0 Å². The van der Waals surface area contributed by atoms with Crippen molar-refractivity contribution in [2.75, 3.05) is 0 Å². The van der Waals surface area contributed by atoms with Gasteiger partial charge in [0.05, 0.1) is 0 Å². The number of nitrogens with two attached hydrogens (primary N) is 1. The summed E-state index contributed by atoms with van der Waals surface area (Å²) < 4.78 is 2.30. The van der Waals surface area contributed by atoms with E-state index in [0.29, 0.717) is 6.54 Å². The molecule has 3 rings (SSSR count). The first-order valence-corrected chi connectivity index (χ1v) is 8.18. The van der Waals surface area contributed by atoms with Crippen molar-refractivity contribution < 1.29 is 0 Å². The van der Waals surface area contributed by atoms with Crippen LogP contribution in [-0.4, -0.2) is 14.8 Å². The number of benzene rings is 1. The fourth-order valence-electron chi connectivity index (χ4n) is 2.56. The Hall–Kier alpha value is -1.33. The molecule has 2 N–H and O–H groups in total. The molecule has 0 amide bonds. The summed E-state index contributed by atoms with van der Waals surface area (Å²) in [5, 5.41) is 9.74. The molecule has 2 heterocycles. The number of rotatable bonds is 4. The summed E-state index contributed by atoms with van der Waals surface area (Å²) in [4.78, 5) is 0. The average molecular weight is 288 g/mol. The average Bonchev–Trinajstić information content (AvgIpc) is 2.72. The summed E-state index contributed by atoms with van der Waals surface area (Å²) in [5.74, 6) is 2.08. The van der Waals surface area contributed by atoms with Gasteiger partial charge in [-0.3, -0.25) is 0 Å². The zero-order chi connectivity index (χ0) is 13.8. The third-order valence-electron chi connectivity index (χ3n) is 3.67. The standard InChI is InChI=1S/C15H20N4S/c16-10-12-5-4-6-13(9-12)11-20-15-18-17-14-7-2-1-3-8-19(14)15/h4-6,9H,1-3,7-8,10-11,16H2. The van der Waals surface area contributed by atoms with Crippen LogP contribution in [0.4, 0.5) is 0 Å². The van der Waals surface area contributed by atoms with E-state index >= 15 is 0 Å². The van der Waals surface area contributed by atoms with E-state index in [1.54, 1.807) is 11.8 Å². The summed E-state index contributed by atoms with van der Waals surface area (Å²) in [6.07, 6.45) is 4.84. The van der Waals surface area contributed by atoms with E-state index in [4.69, 9.17) is 5.73 Å². The third kappa shape index (κ3) is 3.04. The minimum Gasteiger partial charge on any atom is -0.326 e. The van der Waals surface area contributed by atoms with Crippen LogP contribution in [0, 0.1) is 0 Å². The van der Waals surface area contributed by atoms with E-state index in [0.717, 1.165) is 29.7 Å². The minimum absolute atomic E-state index is 0.596. The summed E-state index contributed by atoms with van der Waals surface area (Å²) in [6, 6.07) is 8.46. The van der Waals surface area contributed by atoms with Crippen molar-refractivity contribution in [2.24, 2.45) is 5.73 Å². The maximum Gasteiger partial charge on any atom is 0.191 e. The Morgan fingerprint density at radius 1 is 1.15 bits per heavy atom. The van der Waals surface area contributed by atoms with E-state index in [9.17, 15) is 0 Å². The van der Waals surface area contributed by atoms with Crippen LogP contribution in [0.3, 0.4) is 0 Å². The van der Waals surface area contributed by atoms with Gasteiger partial charge in [0.2, 0.25) is 0 Å². The Morgan fingerprint density at radius 3 is 2.95 bits per heavy atom. The van der Waals surface area contributed by atoms with Crippen molar-refractivity contribution in [3.63, 3.8) is 0 Å². The molecule has 5 heteroatoms. The fraction of sp³-hybridized carbons (Fsp3) is 0.467. The molecule has 4 nitrogen and oxygen atoms in total. The van der Waals surface area contributed by atoms with Crippen LogP contribution in [0.25, 0.3) is 0 Å². The lowest BCUT2D eigenvalue weighted by Crippen LogP contribution is -2.02. The highest BCUT2D eigenvalue weighted by molar-refractivity contribution is 7.98. The number of hydrogen-bond acceptors (Lipinski definition) is 4. The van der Waals surface area contributed by atoms with Crippen LogP contribution >= 0.6 is 11.8 Å². The SMILES string of the molecule is NCc1cccc(CSc2nnc3n2CCCCC3)c1. The summed E-state index contributed by atoms with van der Waals surface area (Å²) in [5.41, 5.74) is 8.16. The van der Waals surface area contributed by atoms with Crippen LogP contribution in [0.1, 0.15) is 36.2 Å². The molecule has 0 aliphatic carbocycles. The number of nitrogens with zero attached hydrogens (tertiary/aromatic N) is 3. The Balaban J connectivity index is 1.70. The second-order valence-corrected chi connectivity index (χ2v) is 6.12. The van der Waals surface area contributed by atoms with Gasteiger partial charge in [-0.1, -0.05) is 42.4 Å². The lowest BCUT2D eigenvalue weighted by molar-refractivity contribution is 0.591. The lowest BCUT2D eigenvalue weighted by atomic mass is 10.1. The van der Waals surface area contributed by atoms with E-state index in [2.05, 4.69) is 39.0 Å². The molecule has 2 aromatic rings. The van der Waals surface area contributed by atoms with Crippen LogP contribution < -0.4 is 5.73 Å². The number of aromatic nitrogens is 3. The van der Waals surface area contributed by atoms with Gasteiger partial charge in [0.1, 0.15) is 5.82 Å². The molecule has 0 bridgehead atoms. The van der Waals surface area contributed by atoms with Crippen LogP contribution in [0.15, 0.2) is 29.4 Å². The van der Waals surface area contributed by atoms with Crippen molar-refractivity contribution in [2.45, 2.75) is 49.7 Å². The first-order chi connectivity index (χ1) is 9.86. The first-order valence-electron chi connectivity index (χ1n) is 7.19. The summed E-state index contributed by atoms with van der Waals surface area (Å²) in [6.45, 7) is 1.66. The van der Waals surface area contributed by atoms with E-state index in [1.807, 2.05) is 0 Å². The molecule has 0 unspecified atom stereocenters. The van der Waals surface area contributed by atoms with Crippen molar-refractivity contribution >= 4 is 11.8 Å². The van der Waals surface area contributed by atoms with Crippen molar-refractivity contribution in [1.82, 2.24) is 14.8 Å². The van der Waals surface area contributed by atoms with Crippen LogP contribution in [0.5, 0.6) is 0 Å². The Bertz CT molecular complexity index is 579. The topological polar surface area (TPSA) is 56.7 Å². The quantitative estimate of drug-likeness (QED) is 0.879. The molecule has 0 saturated heterocycles. The predicted octanol–water partition coefficient (Wildman–Crippen LogP) is 2.76. The molecule has 20 heavy (non-hydrogen) atoms.